The molecule has 1 N–H and O–H groups in total. The average molecular weight is 368 g/mol. The van der Waals surface area contributed by atoms with Crippen LogP contribution in [-0.2, 0) is 9.59 Å². The second kappa shape index (κ2) is 7.34. The minimum absolute atomic E-state index is 0.0371. The Morgan fingerprint density at radius 1 is 1.04 bits per heavy atom. The molecule has 27 heavy (non-hydrogen) atoms. The number of piperazine rings is 1. The lowest BCUT2D eigenvalue weighted by Gasteiger charge is -2.35. The molecule has 2 aliphatic rings. The molecule has 140 valence electrons. The number of nitrogens with one attached hydrogen (secondary N) is 1. The van der Waals surface area contributed by atoms with E-state index in [1.807, 2.05) is 23.1 Å². The lowest BCUT2D eigenvalue weighted by atomic mass is 10.2. The van der Waals surface area contributed by atoms with Crippen molar-refractivity contribution in [3.63, 3.8) is 0 Å². The third kappa shape index (κ3) is 3.92. The Hall–Kier alpha value is -2.96. The second-order valence-corrected chi connectivity index (χ2v) is 6.95. The number of carbonyl (C=O) groups excluding carboxylic acids is 2. The molecule has 6 nitrogen and oxygen atoms in total. The van der Waals surface area contributed by atoms with E-state index >= 15 is 0 Å². The number of carbonyl (C=O) groups is 2. The summed E-state index contributed by atoms with van der Waals surface area (Å²) in [4.78, 5) is 33.3. The number of halogens is 1. The monoisotopic (exact) mass is 368 g/mol. The van der Waals surface area contributed by atoms with E-state index < -0.39 is 5.82 Å². The van der Waals surface area contributed by atoms with Crippen LogP contribution in [0.4, 0.5) is 15.9 Å². The van der Waals surface area contributed by atoms with Gasteiger partial charge in [0.2, 0.25) is 11.8 Å². The highest BCUT2D eigenvalue weighted by atomic mass is 19.1. The molecular formula is C20H21FN4O2. The number of hydrogen-bond acceptors (Lipinski definition) is 4. The largest absolute Gasteiger partial charge is 0.353 e. The maximum atomic E-state index is 13.2. The molecule has 0 bridgehead atoms. The molecule has 0 radical (unpaired) electrons. The van der Waals surface area contributed by atoms with Crippen LogP contribution in [0.3, 0.4) is 0 Å². The van der Waals surface area contributed by atoms with Gasteiger partial charge in [-0.2, -0.15) is 0 Å². The van der Waals surface area contributed by atoms with Crippen molar-refractivity contribution < 1.29 is 14.0 Å². The summed E-state index contributed by atoms with van der Waals surface area (Å²) in [6.45, 7) is 2.72. The van der Waals surface area contributed by atoms with E-state index in [1.165, 1.54) is 12.1 Å². The predicted octanol–water partition coefficient (Wildman–Crippen LogP) is 2.14. The van der Waals surface area contributed by atoms with Gasteiger partial charge in [-0.25, -0.2) is 9.37 Å². The fourth-order valence-corrected chi connectivity index (χ4v) is 3.49. The van der Waals surface area contributed by atoms with Crippen molar-refractivity contribution in [1.29, 1.82) is 0 Å². The van der Waals surface area contributed by atoms with Crippen molar-refractivity contribution in [2.75, 3.05) is 36.4 Å². The van der Waals surface area contributed by atoms with E-state index in [0.717, 1.165) is 18.9 Å². The number of anilines is 2. The Kier molecular flexibility index (Phi) is 4.75. The van der Waals surface area contributed by atoms with Crippen molar-refractivity contribution in [1.82, 2.24) is 9.88 Å². The number of pyridine rings is 1. The fraction of sp³-hybridized carbons (Fsp3) is 0.350. The van der Waals surface area contributed by atoms with Crippen LogP contribution >= 0.6 is 0 Å². The first-order valence-electron chi connectivity index (χ1n) is 9.13. The SMILES string of the molecule is O=C(Nc1cccc(F)c1)C1CC1C(=O)N1CCN(c2ccccn2)CC1. The highest BCUT2D eigenvalue weighted by Gasteiger charge is 2.49. The van der Waals surface area contributed by atoms with Crippen molar-refractivity contribution in [2.45, 2.75) is 6.42 Å². The Labute approximate surface area is 157 Å². The Morgan fingerprint density at radius 3 is 2.56 bits per heavy atom. The summed E-state index contributed by atoms with van der Waals surface area (Å²) in [5.74, 6) is -0.249. The number of nitrogens with zero attached hydrogens (tertiary/aromatic N) is 3. The average Bonchev–Trinajstić information content (AvgIpc) is 3.49. The zero-order valence-electron chi connectivity index (χ0n) is 14.8. The van der Waals surface area contributed by atoms with Gasteiger partial charge in [-0.3, -0.25) is 9.59 Å². The van der Waals surface area contributed by atoms with Crippen LogP contribution in [0, 0.1) is 17.7 Å². The Morgan fingerprint density at radius 2 is 1.85 bits per heavy atom. The van der Waals surface area contributed by atoms with E-state index in [2.05, 4.69) is 15.2 Å². The molecule has 7 heteroatoms. The van der Waals surface area contributed by atoms with Crippen LogP contribution in [0.5, 0.6) is 0 Å². The summed E-state index contributed by atoms with van der Waals surface area (Å²) in [5, 5.41) is 2.69. The molecule has 1 aromatic carbocycles. The first-order chi connectivity index (χ1) is 13.1. The van der Waals surface area contributed by atoms with Crippen LogP contribution < -0.4 is 10.2 Å². The lowest BCUT2D eigenvalue weighted by Crippen LogP contribution is -2.49. The molecule has 1 saturated heterocycles. The smallest absolute Gasteiger partial charge is 0.228 e. The van der Waals surface area contributed by atoms with Crippen LogP contribution in [0.15, 0.2) is 48.7 Å². The maximum Gasteiger partial charge on any atom is 0.228 e. The Bertz CT molecular complexity index is 837. The van der Waals surface area contributed by atoms with Gasteiger partial charge in [0.15, 0.2) is 0 Å². The van der Waals surface area contributed by atoms with Gasteiger partial charge >= 0.3 is 0 Å². The molecule has 2 amide bonds. The minimum Gasteiger partial charge on any atom is -0.353 e. The lowest BCUT2D eigenvalue weighted by molar-refractivity contribution is -0.134. The van der Waals surface area contributed by atoms with Crippen LogP contribution in [-0.4, -0.2) is 47.9 Å². The van der Waals surface area contributed by atoms with E-state index in [9.17, 15) is 14.0 Å². The number of hydrogen-bond donors (Lipinski definition) is 1. The predicted molar refractivity (Wildman–Crippen MR) is 99.7 cm³/mol. The molecule has 0 spiro atoms. The maximum absolute atomic E-state index is 13.2. The standard InChI is InChI=1S/C20H21FN4O2/c21-14-4-3-5-15(12-14)23-19(26)16-13-17(16)20(27)25-10-8-24(9-11-25)18-6-1-2-7-22-18/h1-7,12,16-17H,8-11,13H2,(H,23,26). The first-order valence-corrected chi connectivity index (χ1v) is 9.13. The number of amides is 2. The van der Waals surface area contributed by atoms with Gasteiger partial charge in [0.1, 0.15) is 11.6 Å². The molecule has 4 rings (SSSR count). The Balaban J connectivity index is 1.28. The van der Waals surface area contributed by atoms with Crippen molar-refractivity contribution in [3.05, 3.63) is 54.5 Å². The fourth-order valence-electron chi connectivity index (χ4n) is 3.49. The van der Waals surface area contributed by atoms with Gasteiger partial charge in [0.25, 0.3) is 0 Å². The van der Waals surface area contributed by atoms with Gasteiger partial charge in [-0.15, -0.1) is 0 Å². The van der Waals surface area contributed by atoms with E-state index in [4.69, 9.17) is 0 Å². The summed E-state index contributed by atoms with van der Waals surface area (Å²) in [5.41, 5.74) is 0.419. The van der Waals surface area contributed by atoms with Crippen LogP contribution in [0.25, 0.3) is 0 Å². The second-order valence-electron chi connectivity index (χ2n) is 6.95. The highest BCUT2D eigenvalue weighted by Crippen LogP contribution is 2.41. The van der Waals surface area contributed by atoms with Crippen LogP contribution in [0.1, 0.15) is 6.42 Å². The third-order valence-corrected chi connectivity index (χ3v) is 5.10. The minimum atomic E-state index is -0.401. The van der Waals surface area contributed by atoms with Crippen molar-refractivity contribution in [2.24, 2.45) is 11.8 Å². The van der Waals surface area contributed by atoms with Crippen molar-refractivity contribution in [3.8, 4) is 0 Å². The molecule has 2 unspecified atom stereocenters. The highest BCUT2D eigenvalue weighted by molar-refractivity contribution is 5.99. The van der Waals surface area contributed by atoms with Gasteiger partial charge in [0.05, 0.1) is 11.8 Å². The third-order valence-electron chi connectivity index (χ3n) is 5.10. The van der Waals surface area contributed by atoms with E-state index in [1.54, 1.807) is 18.3 Å². The number of benzene rings is 1. The number of aromatic nitrogens is 1. The first kappa shape index (κ1) is 17.5. The van der Waals surface area contributed by atoms with Gasteiger partial charge in [0, 0.05) is 38.1 Å². The molecule has 2 aromatic rings. The van der Waals surface area contributed by atoms with Crippen LogP contribution in [0.2, 0.25) is 0 Å². The zero-order valence-corrected chi connectivity index (χ0v) is 14.8. The molecule has 2 atom stereocenters. The summed E-state index contributed by atoms with van der Waals surface area (Å²) >= 11 is 0. The number of rotatable bonds is 4. The summed E-state index contributed by atoms with van der Waals surface area (Å²) in [6.07, 6.45) is 2.32. The zero-order chi connectivity index (χ0) is 18.8. The van der Waals surface area contributed by atoms with E-state index in [0.29, 0.717) is 25.2 Å². The summed E-state index contributed by atoms with van der Waals surface area (Å²) < 4.78 is 13.2. The molecule has 1 aromatic heterocycles. The van der Waals surface area contributed by atoms with Gasteiger partial charge in [-0.1, -0.05) is 12.1 Å². The summed E-state index contributed by atoms with van der Waals surface area (Å²) in [7, 11) is 0. The molecule has 2 heterocycles. The van der Waals surface area contributed by atoms with Crippen molar-refractivity contribution >= 4 is 23.3 Å². The van der Waals surface area contributed by atoms with Gasteiger partial charge in [-0.05, 0) is 36.8 Å². The topological polar surface area (TPSA) is 65.5 Å². The molecular weight excluding hydrogens is 347 g/mol. The molecule has 1 aliphatic carbocycles. The van der Waals surface area contributed by atoms with Gasteiger partial charge < -0.3 is 15.1 Å². The quantitative estimate of drug-likeness (QED) is 0.898. The molecule has 1 aliphatic heterocycles. The molecule has 1 saturated carbocycles. The van der Waals surface area contributed by atoms with E-state index in [-0.39, 0.29) is 23.7 Å². The summed E-state index contributed by atoms with van der Waals surface area (Å²) in [6, 6.07) is 11.6. The normalized spacial score (nSPS) is 21.7. The molecule has 2 fully saturated rings.